The third-order valence-electron chi connectivity index (χ3n) is 2.88. The average molecular weight is 309 g/mol. The van der Waals surface area contributed by atoms with Crippen molar-refractivity contribution < 1.29 is 9.90 Å². The Morgan fingerprint density at radius 3 is 2.67 bits per heavy atom. The minimum absolute atomic E-state index is 0.0862. The standard InChI is InChI=1S/C12H12Cl3NO2/c13-9-4-2-1-3-7(9)10(17)6-16-11(18)8-5-12(8,14)15/h1-4,8,10,17H,5-6H2,(H,16,18). The lowest BCUT2D eigenvalue weighted by Crippen LogP contribution is -2.31. The molecule has 0 spiro atoms. The van der Waals surface area contributed by atoms with Crippen molar-refractivity contribution in [1.82, 2.24) is 5.32 Å². The van der Waals surface area contributed by atoms with Gasteiger partial charge in [0.2, 0.25) is 5.91 Å². The first-order chi connectivity index (χ1) is 8.42. The molecule has 0 radical (unpaired) electrons. The Labute approximate surface area is 120 Å². The van der Waals surface area contributed by atoms with Crippen LogP contribution in [0.15, 0.2) is 24.3 Å². The molecule has 1 aromatic carbocycles. The zero-order valence-electron chi connectivity index (χ0n) is 9.37. The maximum Gasteiger partial charge on any atom is 0.226 e. The van der Waals surface area contributed by atoms with Gasteiger partial charge in [0, 0.05) is 17.1 Å². The number of hydrogen-bond donors (Lipinski definition) is 2. The normalized spacial score (nSPS) is 22.3. The fourth-order valence-electron chi connectivity index (χ4n) is 1.67. The summed E-state index contributed by atoms with van der Waals surface area (Å²) in [7, 11) is 0. The Morgan fingerprint density at radius 1 is 1.50 bits per heavy atom. The van der Waals surface area contributed by atoms with Crippen LogP contribution in [0, 0.1) is 5.92 Å². The minimum Gasteiger partial charge on any atom is -0.387 e. The van der Waals surface area contributed by atoms with Crippen molar-refractivity contribution >= 4 is 40.7 Å². The summed E-state index contributed by atoms with van der Waals surface area (Å²) in [6.45, 7) is 0.0862. The van der Waals surface area contributed by atoms with E-state index in [-0.39, 0.29) is 18.4 Å². The minimum atomic E-state index is -0.945. The van der Waals surface area contributed by atoms with E-state index in [0.717, 1.165) is 0 Å². The van der Waals surface area contributed by atoms with Crippen LogP contribution in [0.25, 0.3) is 0 Å². The molecule has 6 heteroatoms. The van der Waals surface area contributed by atoms with E-state index in [9.17, 15) is 9.90 Å². The van der Waals surface area contributed by atoms with E-state index < -0.39 is 10.4 Å². The zero-order chi connectivity index (χ0) is 13.3. The maximum absolute atomic E-state index is 11.6. The monoisotopic (exact) mass is 307 g/mol. The fraction of sp³-hybridized carbons (Fsp3) is 0.417. The van der Waals surface area contributed by atoms with E-state index >= 15 is 0 Å². The quantitative estimate of drug-likeness (QED) is 0.840. The molecule has 0 aliphatic heterocycles. The summed E-state index contributed by atoms with van der Waals surface area (Å²) in [4.78, 5) is 11.6. The van der Waals surface area contributed by atoms with Gasteiger partial charge in [0.15, 0.2) is 0 Å². The third-order valence-corrected chi connectivity index (χ3v) is 4.06. The van der Waals surface area contributed by atoms with Crippen LogP contribution >= 0.6 is 34.8 Å². The van der Waals surface area contributed by atoms with Crippen molar-refractivity contribution in [3.63, 3.8) is 0 Å². The lowest BCUT2D eigenvalue weighted by molar-refractivity contribution is -0.122. The fourth-order valence-corrected chi connectivity index (χ4v) is 2.44. The largest absolute Gasteiger partial charge is 0.387 e. The predicted octanol–water partition coefficient (Wildman–Crippen LogP) is 2.68. The molecular weight excluding hydrogens is 296 g/mol. The summed E-state index contributed by atoms with van der Waals surface area (Å²) in [5.41, 5.74) is 0.582. The van der Waals surface area contributed by atoms with Gasteiger partial charge >= 0.3 is 0 Å². The lowest BCUT2D eigenvalue weighted by atomic mass is 10.1. The maximum atomic E-state index is 11.6. The van der Waals surface area contributed by atoms with Gasteiger partial charge in [-0.15, -0.1) is 23.2 Å². The first-order valence-electron chi connectivity index (χ1n) is 5.50. The molecule has 2 N–H and O–H groups in total. The zero-order valence-corrected chi connectivity index (χ0v) is 11.6. The highest BCUT2D eigenvalue weighted by Gasteiger charge is 2.56. The van der Waals surface area contributed by atoms with Crippen LogP contribution in [0.1, 0.15) is 18.1 Å². The second kappa shape index (κ2) is 5.25. The van der Waals surface area contributed by atoms with Gasteiger partial charge in [-0.2, -0.15) is 0 Å². The van der Waals surface area contributed by atoms with Crippen LogP contribution in [0.3, 0.4) is 0 Å². The molecule has 1 amide bonds. The second-order valence-corrected chi connectivity index (χ2v) is 6.25. The molecule has 1 fully saturated rings. The van der Waals surface area contributed by atoms with Crippen LogP contribution in [0.2, 0.25) is 5.02 Å². The molecule has 1 saturated carbocycles. The van der Waals surface area contributed by atoms with E-state index in [1.54, 1.807) is 24.3 Å². The number of hydrogen-bond acceptors (Lipinski definition) is 2. The van der Waals surface area contributed by atoms with Gasteiger partial charge in [0.25, 0.3) is 0 Å². The molecule has 3 nitrogen and oxygen atoms in total. The van der Waals surface area contributed by atoms with E-state index in [4.69, 9.17) is 34.8 Å². The number of carbonyl (C=O) groups is 1. The molecule has 98 valence electrons. The molecular formula is C12H12Cl3NO2. The van der Waals surface area contributed by atoms with Gasteiger partial charge in [-0.05, 0) is 12.5 Å². The van der Waals surface area contributed by atoms with E-state index in [1.165, 1.54) is 0 Å². The third kappa shape index (κ3) is 3.09. The van der Waals surface area contributed by atoms with Gasteiger partial charge in [-0.25, -0.2) is 0 Å². The van der Waals surface area contributed by atoms with Crippen molar-refractivity contribution in [2.75, 3.05) is 6.54 Å². The molecule has 0 heterocycles. The molecule has 1 aromatic rings. The molecule has 2 rings (SSSR count). The van der Waals surface area contributed by atoms with E-state index in [0.29, 0.717) is 17.0 Å². The summed E-state index contributed by atoms with van der Waals surface area (Å²) in [5.74, 6) is -0.634. The highest BCUT2D eigenvalue weighted by Crippen LogP contribution is 2.53. The summed E-state index contributed by atoms with van der Waals surface area (Å²) in [6, 6.07) is 6.95. The van der Waals surface area contributed by atoms with Crippen LogP contribution in [0.4, 0.5) is 0 Å². The molecule has 1 aliphatic rings. The van der Waals surface area contributed by atoms with Crippen LogP contribution < -0.4 is 5.32 Å². The van der Waals surface area contributed by atoms with Crippen LogP contribution in [-0.2, 0) is 4.79 Å². The number of halogens is 3. The summed E-state index contributed by atoms with van der Waals surface area (Å²) in [6.07, 6.45) is -0.397. The van der Waals surface area contributed by atoms with Gasteiger partial charge in [0.1, 0.15) is 4.33 Å². The van der Waals surface area contributed by atoms with Crippen LogP contribution in [0.5, 0.6) is 0 Å². The van der Waals surface area contributed by atoms with Crippen LogP contribution in [-0.4, -0.2) is 21.9 Å². The number of amides is 1. The molecule has 2 atom stereocenters. The Kier molecular flexibility index (Phi) is 4.07. The number of aliphatic hydroxyl groups is 1. The van der Waals surface area contributed by atoms with Crippen molar-refractivity contribution in [2.24, 2.45) is 5.92 Å². The van der Waals surface area contributed by atoms with Crippen molar-refractivity contribution in [3.8, 4) is 0 Å². The smallest absolute Gasteiger partial charge is 0.226 e. The van der Waals surface area contributed by atoms with E-state index in [1.807, 2.05) is 0 Å². The summed E-state index contributed by atoms with van der Waals surface area (Å²) in [5, 5.41) is 13.0. The first kappa shape index (κ1) is 13.9. The summed E-state index contributed by atoms with van der Waals surface area (Å²) >= 11 is 17.5. The number of nitrogens with one attached hydrogen (secondary N) is 1. The Hall–Kier alpha value is -0.480. The second-order valence-electron chi connectivity index (χ2n) is 4.30. The Morgan fingerprint density at radius 2 is 2.11 bits per heavy atom. The van der Waals surface area contributed by atoms with Crippen molar-refractivity contribution in [2.45, 2.75) is 16.9 Å². The number of alkyl halides is 2. The Bertz CT molecular complexity index is 464. The number of benzene rings is 1. The Balaban J connectivity index is 1.88. The molecule has 0 aromatic heterocycles. The molecule has 1 aliphatic carbocycles. The predicted molar refractivity (Wildman–Crippen MR) is 72.0 cm³/mol. The highest BCUT2D eigenvalue weighted by atomic mass is 35.5. The first-order valence-corrected chi connectivity index (χ1v) is 6.63. The van der Waals surface area contributed by atoms with Crippen molar-refractivity contribution in [3.05, 3.63) is 34.9 Å². The molecule has 0 saturated heterocycles. The van der Waals surface area contributed by atoms with Gasteiger partial charge in [-0.1, -0.05) is 29.8 Å². The molecule has 0 bridgehead atoms. The number of rotatable bonds is 4. The van der Waals surface area contributed by atoms with Gasteiger partial charge in [-0.3, -0.25) is 4.79 Å². The van der Waals surface area contributed by atoms with Crippen molar-refractivity contribution in [1.29, 1.82) is 0 Å². The lowest BCUT2D eigenvalue weighted by Gasteiger charge is -2.13. The molecule has 2 unspecified atom stereocenters. The number of carbonyl (C=O) groups excluding carboxylic acids is 1. The topological polar surface area (TPSA) is 49.3 Å². The molecule has 18 heavy (non-hydrogen) atoms. The number of aliphatic hydroxyl groups excluding tert-OH is 1. The highest BCUT2D eigenvalue weighted by molar-refractivity contribution is 6.52. The average Bonchev–Trinajstić information content (AvgIpc) is 2.96. The van der Waals surface area contributed by atoms with Gasteiger partial charge < -0.3 is 10.4 Å². The SMILES string of the molecule is O=C(NCC(O)c1ccccc1Cl)C1CC1(Cl)Cl. The summed E-state index contributed by atoms with van der Waals surface area (Å²) < 4.78 is -0.945. The van der Waals surface area contributed by atoms with E-state index in [2.05, 4.69) is 5.32 Å². The van der Waals surface area contributed by atoms with Gasteiger partial charge in [0.05, 0.1) is 12.0 Å².